The minimum absolute atomic E-state index is 0.232. The van der Waals surface area contributed by atoms with E-state index in [1.54, 1.807) is 11.8 Å². The van der Waals surface area contributed by atoms with Gasteiger partial charge in [-0.3, -0.25) is 10.1 Å². The van der Waals surface area contributed by atoms with Crippen molar-refractivity contribution < 1.29 is 9.59 Å². The van der Waals surface area contributed by atoms with Crippen LogP contribution in [-0.4, -0.2) is 42.1 Å². The Kier molecular flexibility index (Phi) is 5.27. The lowest BCUT2D eigenvalue weighted by atomic mass is 10.1. The van der Waals surface area contributed by atoms with Crippen LogP contribution < -0.4 is 16.0 Å². The van der Waals surface area contributed by atoms with Gasteiger partial charge in [-0.15, -0.1) is 0 Å². The zero-order valence-corrected chi connectivity index (χ0v) is 11.4. The summed E-state index contributed by atoms with van der Waals surface area (Å²) in [6, 6.07) is -0.423. The van der Waals surface area contributed by atoms with Crippen LogP contribution >= 0.6 is 11.8 Å². The monoisotopic (exact) mass is 259 g/mol. The molecule has 5 nitrogen and oxygen atoms in total. The maximum absolute atomic E-state index is 11.4. The van der Waals surface area contributed by atoms with Crippen LogP contribution in [0.4, 0.5) is 4.79 Å². The molecule has 98 valence electrons. The van der Waals surface area contributed by atoms with Crippen molar-refractivity contribution in [2.45, 2.75) is 26.3 Å². The first-order valence-corrected chi connectivity index (χ1v) is 6.93. The molecule has 1 aliphatic heterocycles. The molecule has 3 N–H and O–H groups in total. The summed E-state index contributed by atoms with van der Waals surface area (Å²) < 4.78 is 0. The van der Waals surface area contributed by atoms with Gasteiger partial charge in [0.1, 0.15) is 0 Å². The molecule has 1 rings (SSSR count). The highest BCUT2D eigenvalue weighted by atomic mass is 32.2. The minimum atomic E-state index is -0.423. The summed E-state index contributed by atoms with van der Waals surface area (Å²) in [5.74, 6) is 1.76. The van der Waals surface area contributed by atoms with Crippen LogP contribution in [0.15, 0.2) is 0 Å². The summed E-state index contributed by atoms with van der Waals surface area (Å²) in [5.41, 5.74) is -0.324. The molecule has 17 heavy (non-hydrogen) atoms. The molecular formula is C11H21N3O2S. The zero-order valence-electron chi connectivity index (χ0n) is 10.6. The Hall–Kier alpha value is -0.750. The van der Waals surface area contributed by atoms with E-state index in [9.17, 15) is 9.59 Å². The van der Waals surface area contributed by atoms with Crippen molar-refractivity contribution in [2.24, 2.45) is 5.92 Å². The summed E-state index contributed by atoms with van der Waals surface area (Å²) in [6.07, 6.45) is 0. The highest BCUT2D eigenvalue weighted by molar-refractivity contribution is 7.99. The predicted molar refractivity (Wildman–Crippen MR) is 70.1 cm³/mol. The molecule has 6 heteroatoms. The fraction of sp³-hybridized carbons (Fsp3) is 0.818. The molecule has 0 radical (unpaired) electrons. The molecule has 0 unspecified atom stereocenters. The number of carbonyl (C=O) groups excluding carboxylic acids is 2. The highest BCUT2D eigenvalue weighted by Gasteiger charge is 2.18. The number of urea groups is 1. The Morgan fingerprint density at radius 2 is 2.00 bits per heavy atom. The van der Waals surface area contributed by atoms with Gasteiger partial charge in [-0.05, 0) is 45.5 Å². The number of carbonyl (C=O) groups is 2. The Labute approximate surface area is 106 Å². The van der Waals surface area contributed by atoms with E-state index < -0.39 is 6.03 Å². The van der Waals surface area contributed by atoms with E-state index >= 15 is 0 Å². The molecule has 0 aromatic rings. The molecule has 1 heterocycles. The van der Waals surface area contributed by atoms with Gasteiger partial charge in [0, 0.05) is 5.54 Å². The van der Waals surface area contributed by atoms with Gasteiger partial charge in [-0.1, -0.05) is 0 Å². The fourth-order valence-electron chi connectivity index (χ4n) is 1.32. The Balaban J connectivity index is 2.09. The van der Waals surface area contributed by atoms with E-state index in [1.807, 2.05) is 20.8 Å². The Bertz CT molecular complexity index is 285. The average Bonchev–Trinajstić information content (AvgIpc) is 2.05. The third-order valence-corrected chi connectivity index (χ3v) is 3.37. The number of imide groups is 1. The largest absolute Gasteiger partial charge is 0.333 e. The minimum Gasteiger partial charge on any atom is -0.333 e. The van der Waals surface area contributed by atoms with E-state index in [0.29, 0.717) is 11.7 Å². The molecule has 0 spiro atoms. The molecule has 1 saturated heterocycles. The maximum Gasteiger partial charge on any atom is 0.321 e. The second kappa shape index (κ2) is 6.26. The second-order valence-electron chi connectivity index (χ2n) is 5.29. The van der Waals surface area contributed by atoms with Crippen LogP contribution in [0.3, 0.4) is 0 Å². The van der Waals surface area contributed by atoms with Gasteiger partial charge in [0.15, 0.2) is 0 Å². The summed E-state index contributed by atoms with van der Waals surface area (Å²) >= 11 is 1.57. The van der Waals surface area contributed by atoms with Crippen molar-refractivity contribution in [1.29, 1.82) is 0 Å². The predicted octanol–water partition coefficient (Wildman–Crippen LogP) is 0.563. The van der Waals surface area contributed by atoms with E-state index in [0.717, 1.165) is 18.8 Å². The third-order valence-electron chi connectivity index (χ3n) is 2.19. The number of hydrogen-bond acceptors (Lipinski definition) is 4. The quantitative estimate of drug-likeness (QED) is 0.690. The second-order valence-corrected chi connectivity index (χ2v) is 6.32. The van der Waals surface area contributed by atoms with Crippen LogP contribution in [0.1, 0.15) is 20.8 Å². The van der Waals surface area contributed by atoms with Crippen LogP contribution in [0, 0.1) is 5.92 Å². The Morgan fingerprint density at radius 3 is 2.47 bits per heavy atom. The van der Waals surface area contributed by atoms with Crippen LogP contribution in [0.25, 0.3) is 0 Å². The molecule has 0 bridgehead atoms. The van der Waals surface area contributed by atoms with E-state index in [2.05, 4.69) is 16.0 Å². The summed E-state index contributed by atoms with van der Waals surface area (Å²) in [6.45, 7) is 7.69. The van der Waals surface area contributed by atoms with Crippen molar-refractivity contribution in [1.82, 2.24) is 16.0 Å². The van der Waals surface area contributed by atoms with Gasteiger partial charge in [-0.2, -0.15) is 11.8 Å². The summed E-state index contributed by atoms with van der Waals surface area (Å²) in [4.78, 5) is 22.8. The van der Waals surface area contributed by atoms with Gasteiger partial charge in [-0.25, -0.2) is 4.79 Å². The van der Waals surface area contributed by atoms with Gasteiger partial charge < -0.3 is 10.6 Å². The number of rotatable bonds is 4. The Morgan fingerprint density at radius 1 is 1.35 bits per heavy atom. The molecule has 0 aliphatic carbocycles. The lowest BCUT2D eigenvalue weighted by molar-refractivity contribution is -0.117. The smallest absolute Gasteiger partial charge is 0.321 e. The molecule has 1 aliphatic rings. The molecule has 0 aromatic carbocycles. The molecule has 0 saturated carbocycles. The summed E-state index contributed by atoms with van der Waals surface area (Å²) in [5, 5.41) is 8.18. The van der Waals surface area contributed by atoms with E-state index in [1.165, 1.54) is 0 Å². The van der Waals surface area contributed by atoms with E-state index in [4.69, 9.17) is 0 Å². The number of nitrogens with one attached hydrogen (secondary N) is 3. The van der Waals surface area contributed by atoms with Crippen molar-refractivity contribution in [3.8, 4) is 0 Å². The lowest BCUT2D eigenvalue weighted by Crippen LogP contribution is -2.48. The topological polar surface area (TPSA) is 70.2 Å². The SMILES string of the molecule is CC(C)(C)NC(=O)NC(=O)CSCC1CNC1. The van der Waals surface area contributed by atoms with Crippen LogP contribution in [0.5, 0.6) is 0 Å². The summed E-state index contributed by atoms with van der Waals surface area (Å²) in [7, 11) is 0. The highest BCUT2D eigenvalue weighted by Crippen LogP contribution is 2.11. The molecule has 1 fully saturated rings. The van der Waals surface area contributed by atoms with Gasteiger partial charge in [0.25, 0.3) is 0 Å². The first-order valence-electron chi connectivity index (χ1n) is 5.77. The first kappa shape index (κ1) is 14.3. The van der Waals surface area contributed by atoms with Gasteiger partial charge in [0.2, 0.25) is 5.91 Å². The van der Waals surface area contributed by atoms with Crippen molar-refractivity contribution in [3.05, 3.63) is 0 Å². The lowest BCUT2D eigenvalue weighted by Gasteiger charge is -2.26. The molecule has 0 aromatic heterocycles. The van der Waals surface area contributed by atoms with Gasteiger partial charge >= 0.3 is 6.03 Å². The van der Waals surface area contributed by atoms with Crippen LogP contribution in [0.2, 0.25) is 0 Å². The van der Waals surface area contributed by atoms with Crippen molar-refractivity contribution in [3.63, 3.8) is 0 Å². The zero-order chi connectivity index (χ0) is 12.9. The van der Waals surface area contributed by atoms with Crippen molar-refractivity contribution >= 4 is 23.7 Å². The number of thioether (sulfide) groups is 1. The third kappa shape index (κ3) is 6.53. The molecular weight excluding hydrogens is 238 g/mol. The standard InChI is InChI=1S/C11H21N3O2S/c1-11(2,3)14-10(16)13-9(15)7-17-6-8-4-12-5-8/h8,12H,4-7H2,1-3H3,(H2,13,14,15,16). The molecule has 0 atom stereocenters. The fourth-order valence-corrected chi connectivity index (χ4v) is 2.26. The van der Waals surface area contributed by atoms with Crippen molar-refractivity contribution in [2.75, 3.05) is 24.6 Å². The molecule has 3 amide bonds. The van der Waals surface area contributed by atoms with E-state index in [-0.39, 0.29) is 11.4 Å². The maximum atomic E-state index is 11.4. The number of amides is 3. The first-order chi connectivity index (χ1) is 7.87. The average molecular weight is 259 g/mol. The normalized spacial score (nSPS) is 16.2. The van der Waals surface area contributed by atoms with Crippen LogP contribution in [-0.2, 0) is 4.79 Å². The number of hydrogen-bond donors (Lipinski definition) is 3. The van der Waals surface area contributed by atoms with Gasteiger partial charge in [0.05, 0.1) is 5.75 Å².